The first kappa shape index (κ1) is 18.4. The van der Waals surface area contributed by atoms with Crippen molar-refractivity contribution < 1.29 is 9.53 Å². The number of hydrogen-bond donors (Lipinski definition) is 0. The van der Waals surface area contributed by atoms with Crippen LogP contribution in [0.4, 0.5) is 0 Å². The van der Waals surface area contributed by atoms with E-state index in [2.05, 4.69) is 37.5 Å². The summed E-state index contributed by atoms with van der Waals surface area (Å²) in [4.78, 5) is 14.3. The summed E-state index contributed by atoms with van der Waals surface area (Å²) in [6, 6.07) is 10.6. The third-order valence-corrected chi connectivity index (χ3v) is 3.57. The highest BCUT2D eigenvalue weighted by Gasteiger charge is 2.25. The summed E-state index contributed by atoms with van der Waals surface area (Å²) >= 11 is 0. The highest BCUT2D eigenvalue weighted by molar-refractivity contribution is 5.70. The van der Waals surface area contributed by atoms with Gasteiger partial charge in [-0.15, -0.1) is 6.58 Å². The fraction of sp³-hybridized carbons (Fsp3) is 0.526. The molecular formula is C19H29NO2. The maximum absolute atomic E-state index is 12.1. The van der Waals surface area contributed by atoms with Crippen LogP contribution in [-0.2, 0) is 9.53 Å². The lowest BCUT2D eigenvalue weighted by atomic mass is 10.0. The van der Waals surface area contributed by atoms with Crippen molar-refractivity contribution in [2.24, 2.45) is 0 Å². The Bertz CT molecular complexity index is 476. The minimum atomic E-state index is -0.439. The molecule has 1 rings (SSSR count). The molecule has 0 N–H and O–H groups in total. The van der Waals surface area contributed by atoms with E-state index in [1.807, 2.05) is 45.0 Å². The van der Waals surface area contributed by atoms with E-state index in [9.17, 15) is 4.79 Å². The fourth-order valence-corrected chi connectivity index (χ4v) is 2.53. The first-order chi connectivity index (χ1) is 10.2. The van der Waals surface area contributed by atoms with Crippen molar-refractivity contribution >= 4 is 5.97 Å². The van der Waals surface area contributed by atoms with E-state index >= 15 is 0 Å². The van der Waals surface area contributed by atoms with E-state index in [-0.39, 0.29) is 18.1 Å². The number of rotatable bonds is 7. The molecule has 2 atom stereocenters. The van der Waals surface area contributed by atoms with Gasteiger partial charge in [-0.3, -0.25) is 9.69 Å². The number of hydrogen-bond acceptors (Lipinski definition) is 3. The monoisotopic (exact) mass is 303 g/mol. The molecule has 1 aromatic carbocycles. The molecule has 0 heterocycles. The van der Waals surface area contributed by atoms with Crippen molar-refractivity contribution in [3.05, 3.63) is 48.6 Å². The minimum absolute atomic E-state index is 0.0862. The summed E-state index contributed by atoms with van der Waals surface area (Å²) in [6.07, 6.45) is 2.26. The van der Waals surface area contributed by atoms with E-state index < -0.39 is 5.60 Å². The Hall–Kier alpha value is -1.61. The standard InChI is InChI=1S/C19H29NO2/c1-7-13-20(16(3)17-11-9-8-10-12-17)15(2)14-18(21)22-19(4,5)6/h7-12,15-16H,1,13-14H2,2-6H3/t15?,16-/m1/s1. The molecule has 3 heteroatoms. The topological polar surface area (TPSA) is 29.5 Å². The van der Waals surface area contributed by atoms with Gasteiger partial charge in [-0.05, 0) is 40.2 Å². The number of carbonyl (C=O) groups is 1. The highest BCUT2D eigenvalue weighted by atomic mass is 16.6. The molecule has 0 bridgehead atoms. The van der Waals surface area contributed by atoms with Crippen LogP contribution < -0.4 is 0 Å². The summed E-state index contributed by atoms with van der Waals surface area (Å²) in [5, 5.41) is 0. The van der Waals surface area contributed by atoms with Crippen LogP contribution >= 0.6 is 0 Å². The van der Waals surface area contributed by atoms with Gasteiger partial charge < -0.3 is 4.74 Å². The van der Waals surface area contributed by atoms with Gasteiger partial charge in [0.2, 0.25) is 0 Å². The summed E-state index contributed by atoms with van der Waals surface area (Å²) in [6.45, 7) is 14.5. The van der Waals surface area contributed by atoms with Crippen LogP contribution in [0, 0.1) is 0 Å². The van der Waals surface area contributed by atoms with Gasteiger partial charge in [-0.2, -0.15) is 0 Å². The smallest absolute Gasteiger partial charge is 0.307 e. The van der Waals surface area contributed by atoms with Crippen molar-refractivity contribution in [1.82, 2.24) is 4.90 Å². The number of ether oxygens (including phenoxy) is 1. The van der Waals surface area contributed by atoms with Gasteiger partial charge in [0.05, 0.1) is 6.42 Å². The molecule has 0 saturated carbocycles. The van der Waals surface area contributed by atoms with E-state index in [0.29, 0.717) is 6.42 Å². The molecule has 0 aliphatic carbocycles. The zero-order chi connectivity index (χ0) is 16.8. The molecule has 22 heavy (non-hydrogen) atoms. The Morgan fingerprint density at radius 1 is 1.27 bits per heavy atom. The van der Waals surface area contributed by atoms with E-state index in [0.717, 1.165) is 6.54 Å². The highest BCUT2D eigenvalue weighted by Crippen LogP contribution is 2.24. The van der Waals surface area contributed by atoms with E-state index in [1.165, 1.54) is 5.56 Å². The summed E-state index contributed by atoms with van der Waals surface area (Å²) in [5.74, 6) is -0.158. The molecule has 3 nitrogen and oxygen atoms in total. The molecule has 0 radical (unpaired) electrons. The first-order valence-electron chi connectivity index (χ1n) is 7.88. The molecule has 1 aromatic rings. The van der Waals surface area contributed by atoms with Crippen LogP contribution in [0.15, 0.2) is 43.0 Å². The number of nitrogens with zero attached hydrogens (tertiary/aromatic N) is 1. The Balaban J connectivity index is 2.77. The Kier molecular flexibility index (Phi) is 6.82. The van der Waals surface area contributed by atoms with Gasteiger partial charge in [0.25, 0.3) is 0 Å². The third kappa shape index (κ3) is 6.02. The Labute approximate surface area is 135 Å². The lowest BCUT2D eigenvalue weighted by Crippen LogP contribution is -2.38. The number of benzene rings is 1. The molecule has 122 valence electrons. The predicted octanol–water partition coefficient (Wildman–Crippen LogP) is 4.36. The van der Waals surface area contributed by atoms with Crippen LogP contribution in [-0.4, -0.2) is 29.1 Å². The zero-order valence-electron chi connectivity index (χ0n) is 14.5. The number of carbonyl (C=O) groups excluding carboxylic acids is 1. The van der Waals surface area contributed by atoms with Crippen LogP contribution in [0.5, 0.6) is 0 Å². The quantitative estimate of drug-likeness (QED) is 0.554. The SMILES string of the molecule is C=CCN(C(C)CC(=O)OC(C)(C)C)[C@H](C)c1ccccc1. The van der Waals surface area contributed by atoms with Gasteiger partial charge in [-0.25, -0.2) is 0 Å². The Morgan fingerprint density at radius 2 is 1.86 bits per heavy atom. The first-order valence-corrected chi connectivity index (χ1v) is 7.88. The maximum atomic E-state index is 12.1. The van der Waals surface area contributed by atoms with Crippen molar-refractivity contribution in [2.45, 2.75) is 58.7 Å². The van der Waals surface area contributed by atoms with Crippen LogP contribution in [0.2, 0.25) is 0 Å². The summed E-state index contributed by atoms with van der Waals surface area (Å²) in [5.41, 5.74) is 0.797. The lowest BCUT2D eigenvalue weighted by molar-refractivity contribution is -0.156. The second-order valence-corrected chi connectivity index (χ2v) is 6.71. The fourth-order valence-electron chi connectivity index (χ4n) is 2.53. The molecular weight excluding hydrogens is 274 g/mol. The minimum Gasteiger partial charge on any atom is -0.460 e. The van der Waals surface area contributed by atoms with Crippen molar-refractivity contribution in [2.75, 3.05) is 6.54 Å². The summed E-state index contributed by atoms with van der Waals surface area (Å²) in [7, 11) is 0. The van der Waals surface area contributed by atoms with Crippen LogP contribution in [0.3, 0.4) is 0 Å². The molecule has 1 unspecified atom stereocenters. The van der Waals surface area contributed by atoms with Gasteiger partial charge in [-0.1, -0.05) is 36.4 Å². The maximum Gasteiger partial charge on any atom is 0.307 e. The van der Waals surface area contributed by atoms with Crippen LogP contribution in [0.25, 0.3) is 0 Å². The zero-order valence-corrected chi connectivity index (χ0v) is 14.5. The van der Waals surface area contributed by atoms with Gasteiger partial charge >= 0.3 is 5.97 Å². The largest absolute Gasteiger partial charge is 0.460 e. The predicted molar refractivity (Wildman–Crippen MR) is 91.7 cm³/mol. The van der Waals surface area contributed by atoms with E-state index in [4.69, 9.17) is 4.74 Å². The molecule has 0 aliphatic heterocycles. The van der Waals surface area contributed by atoms with Crippen molar-refractivity contribution in [1.29, 1.82) is 0 Å². The second-order valence-electron chi connectivity index (χ2n) is 6.71. The second kappa shape index (κ2) is 8.14. The molecule has 0 saturated heterocycles. The molecule has 0 aliphatic rings. The lowest BCUT2D eigenvalue weighted by Gasteiger charge is -2.34. The number of esters is 1. The molecule has 0 aromatic heterocycles. The van der Waals surface area contributed by atoms with E-state index in [1.54, 1.807) is 0 Å². The molecule has 0 fully saturated rings. The van der Waals surface area contributed by atoms with Gasteiger partial charge in [0.15, 0.2) is 0 Å². The van der Waals surface area contributed by atoms with Crippen molar-refractivity contribution in [3.8, 4) is 0 Å². The summed E-state index contributed by atoms with van der Waals surface area (Å²) < 4.78 is 5.43. The van der Waals surface area contributed by atoms with Crippen molar-refractivity contribution in [3.63, 3.8) is 0 Å². The average molecular weight is 303 g/mol. The van der Waals surface area contributed by atoms with Gasteiger partial charge in [0.1, 0.15) is 5.60 Å². The third-order valence-electron chi connectivity index (χ3n) is 3.57. The van der Waals surface area contributed by atoms with Gasteiger partial charge in [0, 0.05) is 18.6 Å². The normalized spacial score (nSPS) is 14.5. The van der Waals surface area contributed by atoms with Crippen LogP contribution in [0.1, 0.15) is 52.6 Å². The average Bonchev–Trinajstić information content (AvgIpc) is 2.42. The Morgan fingerprint density at radius 3 is 2.36 bits per heavy atom. The molecule has 0 amide bonds. The molecule has 0 spiro atoms.